The van der Waals surface area contributed by atoms with Gasteiger partial charge in [0.15, 0.2) is 6.10 Å². The zero-order chi connectivity index (χ0) is 18.4. The topological polar surface area (TPSA) is 18.5 Å². The van der Waals surface area contributed by atoms with Crippen LogP contribution in [0, 0.1) is 13.8 Å². The van der Waals surface area contributed by atoms with Crippen LogP contribution in [-0.4, -0.2) is 21.9 Å². The molecule has 2 nitrogen and oxygen atoms in total. The fraction of sp³-hybridized carbons (Fsp3) is 0.368. The lowest BCUT2D eigenvalue weighted by Crippen LogP contribution is -2.48. The largest absolute Gasteiger partial charge is 0.485 e. The van der Waals surface area contributed by atoms with Gasteiger partial charge in [-0.05, 0) is 38.1 Å². The average Bonchev–Trinajstić information content (AvgIpc) is 2.58. The Bertz CT molecular complexity index is 658. The lowest BCUT2D eigenvalue weighted by Gasteiger charge is -2.34. The van der Waals surface area contributed by atoms with Crippen molar-refractivity contribution in [3.8, 4) is 11.5 Å². The molecule has 0 N–H and O–H groups in total. The first-order valence-electron chi connectivity index (χ1n) is 7.84. The number of ether oxygens (including phenoxy) is 2. The van der Waals surface area contributed by atoms with E-state index in [9.17, 15) is 0 Å². The van der Waals surface area contributed by atoms with E-state index in [1.54, 1.807) is 0 Å². The molecule has 2 unspecified atom stereocenters. The third-order valence-corrected chi connectivity index (χ3v) is 5.01. The molecule has 0 radical (unpaired) electrons. The predicted octanol–water partition coefficient (Wildman–Crippen LogP) is 6.50. The molecule has 6 heteroatoms. The van der Waals surface area contributed by atoms with E-state index in [0.717, 1.165) is 11.1 Å². The van der Waals surface area contributed by atoms with Crippen LogP contribution in [0.4, 0.5) is 0 Å². The smallest absolute Gasteiger partial charge is 0.232 e. The molecule has 0 bridgehead atoms. The van der Waals surface area contributed by atoms with Crippen LogP contribution in [-0.2, 0) is 0 Å². The van der Waals surface area contributed by atoms with E-state index in [4.69, 9.17) is 55.9 Å². The summed E-state index contributed by atoms with van der Waals surface area (Å²) in [5.74, 6) is 1.24. The van der Waals surface area contributed by atoms with Crippen molar-refractivity contribution in [1.82, 2.24) is 0 Å². The molecule has 136 valence electrons. The molecule has 0 aliphatic heterocycles. The molecule has 25 heavy (non-hydrogen) atoms. The second-order valence-electron chi connectivity index (χ2n) is 5.88. The minimum atomic E-state index is -1.32. The van der Waals surface area contributed by atoms with E-state index in [-0.39, 0.29) is 12.3 Å². The van der Waals surface area contributed by atoms with Gasteiger partial charge in [-0.15, -0.1) is 34.8 Å². The number of benzene rings is 2. The quantitative estimate of drug-likeness (QED) is 0.453. The number of hydrogen-bond acceptors (Lipinski definition) is 2. The summed E-state index contributed by atoms with van der Waals surface area (Å²) >= 11 is 24.8. The van der Waals surface area contributed by atoms with Crippen LogP contribution < -0.4 is 9.47 Å². The first-order valence-corrected chi connectivity index (χ1v) is 9.63. The van der Waals surface area contributed by atoms with Gasteiger partial charge in [-0.3, -0.25) is 0 Å². The van der Waals surface area contributed by atoms with E-state index < -0.39 is 16.0 Å². The molecule has 0 fully saturated rings. The van der Waals surface area contributed by atoms with Gasteiger partial charge < -0.3 is 9.47 Å². The molecular weight excluding hydrogens is 402 g/mol. The SMILES string of the molecule is Cc1ccc(OC(CC(Cl)Cl)C(Cl)(CCl)Oc2ccc(C)cc2)cc1. The molecule has 2 aromatic rings. The maximum absolute atomic E-state index is 6.69. The maximum atomic E-state index is 6.69. The van der Waals surface area contributed by atoms with Crippen LogP contribution in [0.5, 0.6) is 11.5 Å². The zero-order valence-corrected chi connectivity index (χ0v) is 17.0. The van der Waals surface area contributed by atoms with Crippen molar-refractivity contribution in [3.05, 3.63) is 59.7 Å². The average molecular weight is 422 g/mol. The van der Waals surface area contributed by atoms with E-state index >= 15 is 0 Å². The van der Waals surface area contributed by atoms with E-state index in [2.05, 4.69) is 0 Å². The van der Waals surface area contributed by atoms with Crippen molar-refractivity contribution < 1.29 is 9.47 Å². The third-order valence-electron chi connectivity index (χ3n) is 3.66. The number of halogens is 4. The van der Waals surface area contributed by atoms with Gasteiger partial charge in [-0.2, -0.15) is 0 Å². The third kappa shape index (κ3) is 6.14. The molecule has 2 aromatic carbocycles. The van der Waals surface area contributed by atoms with Crippen molar-refractivity contribution in [2.24, 2.45) is 0 Å². The summed E-state index contributed by atoms with van der Waals surface area (Å²) in [4.78, 5) is -0.668. The molecule has 0 aliphatic carbocycles. The van der Waals surface area contributed by atoms with Gasteiger partial charge in [0.2, 0.25) is 5.06 Å². The Morgan fingerprint density at radius 3 is 1.80 bits per heavy atom. The molecule has 0 spiro atoms. The van der Waals surface area contributed by atoms with E-state index in [1.807, 2.05) is 62.4 Å². The first-order chi connectivity index (χ1) is 11.8. The Labute approximate surface area is 168 Å². The van der Waals surface area contributed by atoms with Gasteiger partial charge in [-0.1, -0.05) is 47.0 Å². The van der Waals surface area contributed by atoms with Crippen molar-refractivity contribution >= 4 is 46.4 Å². The molecule has 0 saturated carbocycles. The van der Waals surface area contributed by atoms with Crippen LogP contribution in [0.2, 0.25) is 0 Å². The highest BCUT2D eigenvalue weighted by Crippen LogP contribution is 2.33. The molecule has 0 saturated heterocycles. The molecule has 0 aliphatic rings. The van der Waals surface area contributed by atoms with Crippen molar-refractivity contribution in [1.29, 1.82) is 0 Å². The Hall–Kier alpha value is -0.800. The molecular formula is C19H20Cl4O2. The summed E-state index contributed by atoms with van der Waals surface area (Å²) in [6, 6.07) is 15.1. The minimum Gasteiger partial charge on any atom is -0.485 e. The summed E-state index contributed by atoms with van der Waals surface area (Å²) < 4.78 is 12.0. The lowest BCUT2D eigenvalue weighted by molar-refractivity contribution is 0.0338. The molecule has 0 heterocycles. The lowest BCUT2D eigenvalue weighted by atomic mass is 10.1. The van der Waals surface area contributed by atoms with Crippen LogP contribution in [0.25, 0.3) is 0 Å². The summed E-state index contributed by atoms with van der Waals surface area (Å²) in [6.45, 7) is 3.99. The van der Waals surface area contributed by atoms with Gasteiger partial charge >= 0.3 is 0 Å². The van der Waals surface area contributed by atoms with Crippen LogP contribution >= 0.6 is 46.4 Å². The molecule has 2 atom stereocenters. The van der Waals surface area contributed by atoms with Gasteiger partial charge in [0.25, 0.3) is 0 Å². The summed E-state index contributed by atoms with van der Waals surface area (Å²) in [7, 11) is 0. The fourth-order valence-electron chi connectivity index (χ4n) is 2.24. The van der Waals surface area contributed by atoms with Gasteiger partial charge in [0.1, 0.15) is 16.3 Å². The standard InChI is InChI=1S/C19H20Cl4O2/c1-13-3-7-15(8-4-13)24-17(11-18(21)22)19(23,12-20)25-16-9-5-14(2)6-10-16/h3-10,17-18H,11-12H2,1-2H3. The monoisotopic (exact) mass is 420 g/mol. The highest BCUT2D eigenvalue weighted by molar-refractivity contribution is 6.44. The van der Waals surface area contributed by atoms with E-state index in [0.29, 0.717) is 11.5 Å². The van der Waals surface area contributed by atoms with Crippen LogP contribution in [0.1, 0.15) is 17.5 Å². The maximum Gasteiger partial charge on any atom is 0.232 e. The second kappa shape index (κ2) is 9.23. The molecule has 2 rings (SSSR count). The van der Waals surface area contributed by atoms with E-state index in [1.165, 1.54) is 0 Å². The highest BCUT2D eigenvalue weighted by Gasteiger charge is 2.42. The Morgan fingerprint density at radius 2 is 1.36 bits per heavy atom. The number of alkyl halides is 4. The Kier molecular flexibility index (Phi) is 7.57. The normalized spacial score (nSPS) is 14.8. The summed E-state index contributed by atoms with van der Waals surface area (Å²) in [5, 5.41) is -1.32. The molecule has 0 aromatic heterocycles. The second-order valence-corrected chi connectivity index (χ2v) is 8.07. The van der Waals surface area contributed by atoms with Crippen LogP contribution in [0.3, 0.4) is 0 Å². The summed E-state index contributed by atoms with van der Waals surface area (Å²) in [5.41, 5.74) is 2.24. The van der Waals surface area contributed by atoms with Crippen molar-refractivity contribution in [3.63, 3.8) is 0 Å². The van der Waals surface area contributed by atoms with Crippen molar-refractivity contribution in [2.75, 3.05) is 5.88 Å². The molecule has 0 amide bonds. The number of hydrogen-bond donors (Lipinski definition) is 0. The first kappa shape index (κ1) is 20.5. The van der Waals surface area contributed by atoms with Crippen molar-refractivity contribution in [2.45, 2.75) is 36.3 Å². The summed E-state index contributed by atoms with van der Waals surface area (Å²) in [6.07, 6.45) is -0.380. The number of rotatable bonds is 8. The van der Waals surface area contributed by atoms with Gasteiger partial charge in [0, 0.05) is 6.42 Å². The van der Waals surface area contributed by atoms with Gasteiger partial charge in [-0.25, -0.2) is 0 Å². The van der Waals surface area contributed by atoms with Crippen LogP contribution in [0.15, 0.2) is 48.5 Å². The minimum absolute atomic E-state index is 0.000538. The fourth-order valence-corrected chi connectivity index (χ4v) is 3.01. The Morgan fingerprint density at radius 1 is 0.880 bits per heavy atom. The van der Waals surface area contributed by atoms with Gasteiger partial charge in [0.05, 0.1) is 5.88 Å². The zero-order valence-electron chi connectivity index (χ0n) is 14.0. The Balaban J connectivity index is 2.24. The number of aryl methyl sites for hydroxylation is 2. The highest BCUT2D eigenvalue weighted by atomic mass is 35.5. The predicted molar refractivity (Wildman–Crippen MR) is 107 cm³/mol.